The van der Waals surface area contributed by atoms with Gasteiger partial charge in [0.1, 0.15) is 19.8 Å². The van der Waals surface area contributed by atoms with Gasteiger partial charge in [-0.3, -0.25) is 18.6 Å². The number of quaternary nitrogens is 1. The summed E-state index contributed by atoms with van der Waals surface area (Å²) >= 11 is 0. The lowest BCUT2D eigenvalue weighted by molar-refractivity contribution is -0.870. The molecule has 0 spiro atoms. The van der Waals surface area contributed by atoms with Crippen LogP contribution in [0.4, 0.5) is 0 Å². The molecular weight excluding hydrogens is 942 g/mol. The number of allylic oxidation sites excluding steroid dienone is 6. The molecule has 0 saturated carbocycles. The van der Waals surface area contributed by atoms with E-state index in [1.165, 1.54) is 205 Å². The number of esters is 2. The molecule has 0 aromatic carbocycles. The van der Waals surface area contributed by atoms with Gasteiger partial charge in [-0.25, -0.2) is 4.57 Å². The molecule has 0 aliphatic heterocycles. The van der Waals surface area contributed by atoms with Crippen molar-refractivity contribution in [2.75, 3.05) is 47.5 Å². The number of hydrogen-bond acceptors (Lipinski definition) is 7. The van der Waals surface area contributed by atoms with Gasteiger partial charge in [0.25, 0.3) is 0 Å². The van der Waals surface area contributed by atoms with Crippen LogP contribution >= 0.6 is 7.82 Å². The Morgan fingerprint density at radius 2 is 0.730 bits per heavy atom. The second-order valence-electron chi connectivity index (χ2n) is 22.8. The van der Waals surface area contributed by atoms with E-state index >= 15 is 0 Å². The van der Waals surface area contributed by atoms with Crippen molar-refractivity contribution < 1.29 is 42.1 Å². The van der Waals surface area contributed by atoms with Crippen molar-refractivity contribution in [3.63, 3.8) is 0 Å². The zero-order valence-corrected chi connectivity index (χ0v) is 50.5. The molecule has 0 radical (unpaired) electrons. The minimum absolute atomic E-state index is 0.0301. The molecule has 0 bridgehead atoms. The molecule has 0 amide bonds. The van der Waals surface area contributed by atoms with Gasteiger partial charge in [0.15, 0.2) is 6.10 Å². The van der Waals surface area contributed by atoms with E-state index in [1.54, 1.807) is 0 Å². The van der Waals surface area contributed by atoms with E-state index in [1.807, 2.05) is 21.1 Å². The maximum Gasteiger partial charge on any atom is 0.472 e. The third-order valence-corrected chi connectivity index (χ3v) is 15.2. The average Bonchev–Trinajstić information content (AvgIpc) is 3.36. The Morgan fingerprint density at radius 3 is 1.08 bits per heavy atom. The minimum Gasteiger partial charge on any atom is -0.462 e. The van der Waals surface area contributed by atoms with Crippen LogP contribution in [-0.2, 0) is 32.7 Å². The number of nitrogens with zero attached hydrogens (tertiary/aromatic N) is 1. The van der Waals surface area contributed by atoms with Crippen molar-refractivity contribution in [1.29, 1.82) is 0 Å². The summed E-state index contributed by atoms with van der Waals surface area (Å²) in [7, 11) is 1.48. The maximum absolute atomic E-state index is 12.8. The third kappa shape index (κ3) is 59.5. The van der Waals surface area contributed by atoms with E-state index in [4.69, 9.17) is 18.5 Å². The van der Waals surface area contributed by atoms with Gasteiger partial charge >= 0.3 is 19.8 Å². The zero-order valence-electron chi connectivity index (χ0n) is 49.6. The molecule has 0 rings (SSSR count). The predicted molar refractivity (Wildman–Crippen MR) is 317 cm³/mol. The van der Waals surface area contributed by atoms with E-state index in [9.17, 15) is 19.0 Å². The fraction of sp³-hybridized carbons (Fsp3) is 0.875. The Bertz CT molecular complexity index is 1340. The van der Waals surface area contributed by atoms with E-state index in [0.29, 0.717) is 23.9 Å². The molecule has 0 saturated heterocycles. The Balaban J connectivity index is 4.07. The summed E-state index contributed by atoms with van der Waals surface area (Å²) in [4.78, 5) is 35.7. The van der Waals surface area contributed by atoms with Crippen LogP contribution in [0.3, 0.4) is 0 Å². The Morgan fingerprint density at radius 1 is 0.419 bits per heavy atom. The van der Waals surface area contributed by atoms with Crippen molar-refractivity contribution in [2.24, 2.45) is 0 Å². The summed E-state index contributed by atoms with van der Waals surface area (Å²) in [6.07, 6.45) is 69.5. The fourth-order valence-electron chi connectivity index (χ4n) is 9.26. The first-order valence-electron chi connectivity index (χ1n) is 31.7. The molecule has 0 fully saturated rings. The zero-order chi connectivity index (χ0) is 54.2. The van der Waals surface area contributed by atoms with Gasteiger partial charge in [0, 0.05) is 12.8 Å². The van der Waals surface area contributed by atoms with Crippen molar-refractivity contribution >= 4 is 19.8 Å². The van der Waals surface area contributed by atoms with Gasteiger partial charge in [0.2, 0.25) is 0 Å². The number of ether oxygens (including phenoxy) is 2. The summed E-state index contributed by atoms with van der Waals surface area (Å²) in [5.74, 6) is -0.797. The summed E-state index contributed by atoms with van der Waals surface area (Å²) in [6, 6.07) is 0. The summed E-state index contributed by atoms with van der Waals surface area (Å²) in [5, 5.41) is 0. The standard InChI is InChI=1S/C64H122NO8P/c1-6-8-10-12-14-16-18-20-22-24-26-28-29-30-31-32-33-34-35-37-38-40-42-44-46-48-50-52-54-56-63(66)70-60-62(61-72-74(68,69)71-59-58-65(3,4)5)73-64(67)57-55-53-51-49-47-45-43-41-39-36-27-25-23-21-19-17-15-13-11-9-7-2/h19,21,25,27,39,41,62H,6-18,20,22-24,26,28-38,40,42-61H2,1-5H3/p+1/b21-19-,27-25-,41-39-. The molecule has 0 aliphatic carbocycles. The second-order valence-corrected chi connectivity index (χ2v) is 24.3. The molecule has 2 atom stereocenters. The monoisotopic (exact) mass is 1060 g/mol. The van der Waals surface area contributed by atoms with Crippen LogP contribution in [0.2, 0.25) is 0 Å². The summed E-state index contributed by atoms with van der Waals surface area (Å²) < 4.78 is 34.6. The SMILES string of the molecule is CCCCCCC/C=C\C/C=C\C/C=C\CCCCCCCCC(=O)OC(COC(=O)CCCCCCCCCCCCCCCCCCCCCCCCCCCCCCC)COP(=O)(O)OCC[N+](C)(C)C. The molecule has 0 heterocycles. The smallest absolute Gasteiger partial charge is 0.462 e. The Hall–Kier alpha value is -1.77. The predicted octanol–water partition coefficient (Wildman–Crippen LogP) is 19.9. The number of hydrogen-bond donors (Lipinski definition) is 1. The molecule has 2 unspecified atom stereocenters. The fourth-order valence-corrected chi connectivity index (χ4v) is 10.0. The number of carbonyl (C=O) groups is 2. The lowest BCUT2D eigenvalue weighted by atomic mass is 10.0. The quantitative estimate of drug-likeness (QED) is 0.0211. The molecule has 10 heteroatoms. The van der Waals surface area contributed by atoms with Gasteiger partial charge in [-0.05, 0) is 51.4 Å². The van der Waals surface area contributed by atoms with Gasteiger partial charge in [-0.1, -0.05) is 281 Å². The average molecular weight is 1070 g/mol. The molecule has 0 aromatic rings. The molecular formula is C64H123NO8P+. The van der Waals surface area contributed by atoms with Crippen molar-refractivity contribution in [2.45, 2.75) is 315 Å². The topological polar surface area (TPSA) is 108 Å². The highest BCUT2D eigenvalue weighted by Gasteiger charge is 2.27. The number of likely N-dealkylation sites (N-methyl/N-ethyl adjacent to an activating group) is 1. The first-order valence-corrected chi connectivity index (χ1v) is 33.2. The van der Waals surface area contributed by atoms with Gasteiger partial charge in [-0.15, -0.1) is 0 Å². The number of unbranched alkanes of at least 4 members (excludes halogenated alkanes) is 39. The van der Waals surface area contributed by atoms with Crippen LogP contribution in [-0.4, -0.2) is 74.9 Å². The molecule has 9 nitrogen and oxygen atoms in total. The van der Waals surface area contributed by atoms with Gasteiger partial charge in [-0.2, -0.15) is 0 Å². The number of carbonyl (C=O) groups excluding carboxylic acids is 2. The Kier molecular flexibility index (Phi) is 54.6. The van der Waals surface area contributed by atoms with Crippen LogP contribution in [0.15, 0.2) is 36.5 Å². The number of phosphoric ester groups is 1. The lowest BCUT2D eigenvalue weighted by Crippen LogP contribution is -2.37. The van der Waals surface area contributed by atoms with E-state index in [-0.39, 0.29) is 25.6 Å². The van der Waals surface area contributed by atoms with Crippen molar-refractivity contribution in [3.8, 4) is 0 Å². The van der Waals surface area contributed by atoms with E-state index in [0.717, 1.165) is 70.6 Å². The van der Waals surface area contributed by atoms with Crippen LogP contribution < -0.4 is 0 Å². The third-order valence-electron chi connectivity index (χ3n) is 14.2. The highest BCUT2D eigenvalue weighted by atomic mass is 31.2. The number of rotatable bonds is 59. The first kappa shape index (κ1) is 72.2. The molecule has 436 valence electrons. The molecule has 0 aliphatic rings. The van der Waals surface area contributed by atoms with E-state index < -0.39 is 26.5 Å². The van der Waals surface area contributed by atoms with E-state index in [2.05, 4.69) is 50.3 Å². The lowest BCUT2D eigenvalue weighted by Gasteiger charge is -2.24. The summed E-state index contributed by atoms with van der Waals surface area (Å²) in [6.45, 7) is 4.46. The second kappa shape index (κ2) is 56.0. The van der Waals surface area contributed by atoms with Crippen LogP contribution in [0.5, 0.6) is 0 Å². The molecule has 74 heavy (non-hydrogen) atoms. The Labute approximate surface area is 459 Å². The van der Waals surface area contributed by atoms with Gasteiger partial charge < -0.3 is 18.9 Å². The van der Waals surface area contributed by atoms with Crippen molar-refractivity contribution in [3.05, 3.63) is 36.5 Å². The molecule has 1 N–H and O–H groups in total. The molecule has 0 aromatic heterocycles. The normalized spacial score (nSPS) is 13.4. The van der Waals surface area contributed by atoms with Gasteiger partial charge in [0.05, 0.1) is 27.7 Å². The maximum atomic E-state index is 12.8. The largest absolute Gasteiger partial charge is 0.472 e. The van der Waals surface area contributed by atoms with Crippen LogP contribution in [0.1, 0.15) is 309 Å². The summed E-state index contributed by atoms with van der Waals surface area (Å²) in [5.41, 5.74) is 0. The first-order chi connectivity index (χ1) is 36.0. The minimum atomic E-state index is -4.39. The van der Waals surface area contributed by atoms with Crippen LogP contribution in [0, 0.1) is 0 Å². The number of phosphoric acid groups is 1. The van der Waals surface area contributed by atoms with Crippen LogP contribution in [0.25, 0.3) is 0 Å². The highest BCUT2D eigenvalue weighted by molar-refractivity contribution is 7.47. The van der Waals surface area contributed by atoms with Crippen molar-refractivity contribution in [1.82, 2.24) is 0 Å². The highest BCUT2D eigenvalue weighted by Crippen LogP contribution is 2.43.